The van der Waals surface area contributed by atoms with Gasteiger partial charge in [0, 0.05) is 37.9 Å². The highest BCUT2D eigenvalue weighted by molar-refractivity contribution is 5.82. The predicted octanol–water partition coefficient (Wildman–Crippen LogP) is 3.10. The molecule has 3 aromatic rings. The van der Waals surface area contributed by atoms with Crippen LogP contribution in [0.25, 0.3) is 10.9 Å². The molecular formula is C23H26N4O3. The molecule has 3 heterocycles. The van der Waals surface area contributed by atoms with Crippen LogP contribution in [0.1, 0.15) is 24.0 Å². The Morgan fingerprint density at radius 1 is 1.00 bits per heavy atom. The van der Waals surface area contributed by atoms with Crippen molar-refractivity contribution < 1.29 is 9.47 Å². The monoisotopic (exact) mass is 406 g/mol. The van der Waals surface area contributed by atoms with Crippen LogP contribution in [0.4, 0.5) is 11.6 Å². The van der Waals surface area contributed by atoms with Gasteiger partial charge in [-0.3, -0.25) is 9.78 Å². The van der Waals surface area contributed by atoms with Crippen molar-refractivity contribution in [3.63, 3.8) is 0 Å². The number of nitrogens with zero attached hydrogens (tertiary/aromatic N) is 3. The number of hydrogen-bond donors (Lipinski definition) is 1. The summed E-state index contributed by atoms with van der Waals surface area (Å²) in [7, 11) is 3.14. The van der Waals surface area contributed by atoms with Gasteiger partial charge in [0.2, 0.25) is 5.95 Å². The normalized spacial score (nSPS) is 16.1. The number of methoxy groups -OCH3 is 2. The molecule has 0 unspecified atom stereocenters. The first kappa shape index (κ1) is 18.8. The molecule has 0 atom stereocenters. The molecule has 30 heavy (non-hydrogen) atoms. The van der Waals surface area contributed by atoms with Crippen molar-refractivity contribution in [1.29, 1.82) is 0 Å². The van der Waals surface area contributed by atoms with Crippen LogP contribution >= 0.6 is 0 Å². The smallest absolute Gasteiger partial charge is 0.260 e. The largest absolute Gasteiger partial charge is 0.493 e. The van der Waals surface area contributed by atoms with Crippen LogP contribution in [0.3, 0.4) is 0 Å². The van der Waals surface area contributed by atoms with Crippen LogP contribution in [0.15, 0.2) is 35.1 Å². The zero-order valence-corrected chi connectivity index (χ0v) is 17.4. The summed E-state index contributed by atoms with van der Waals surface area (Å²) in [5, 5.41) is 0.491. The second kappa shape index (κ2) is 7.55. The van der Waals surface area contributed by atoms with Gasteiger partial charge in [-0.1, -0.05) is 12.1 Å². The number of rotatable bonds is 4. The minimum absolute atomic E-state index is 0.174. The molecule has 1 fully saturated rings. The van der Waals surface area contributed by atoms with Crippen molar-refractivity contribution >= 4 is 22.5 Å². The molecule has 156 valence electrons. The molecule has 0 spiro atoms. The first-order valence-electron chi connectivity index (χ1n) is 10.4. The number of ether oxygens (including phenoxy) is 2. The van der Waals surface area contributed by atoms with E-state index in [4.69, 9.17) is 14.5 Å². The van der Waals surface area contributed by atoms with E-state index in [0.717, 1.165) is 32.6 Å². The van der Waals surface area contributed by atoms with E-state index in [1.54, 1.807) is 26.4 Å². The van der Waals surface area contributed by atoms with Crippen molar-refractivity contribution in [2.45, 2.75) is 25.8 Å². The number of H-pyrrole nitrogens is 1. The van der Waals surface area contributed by atoms with E-state index in [1.807, 2.05) is 0 Å². The molecule has 1 saturated heterocycles. The van der Waals surface area contributed by atoms with E-state index in [2.05, 4.69) is 33.0 Å². The van der Waals surface area contributed by atoms with Gasteiger partial charge in [-0.05, 0) is 42.5 Å². The highest BCUT2D eigenvalue weighted by Gasteiger charge is 2.24. The van der Waals surface area contributed by atoms with Crippen LogP contribution < -0.4 is 24.8 Å². The second-order valence-electron chi connectivity index (χ2n) is 7.89. The van der Waals surface area contributed by atoms with Crippen LogP contribution in [-0.4, -0.2) is 43.8 Å². The van der Waals surface area contributed by atoms with Gasteiger partial charge in [-0.15, -0.1) is 0 Å². The summed E-state index contributed by atoms with van der Waals surface area (Å²) in [4.78, 5) is 25.1. The summed E-state index contributed by atoms with van der Waals surface area (Å²) in [6.45, 7) is 3.84. The van der Waals surface area contributed by atoms with Crippen LogP contribution in [0.2, 0.25) is 0 Å². The minimum Gasteiger partial charge on any atom is -0.493 e. The van der Waals surface area contributed by atoms with E-state index < -0.39 is 0 Å². The number of nitrogens with one attached hydrogen (secondary N) is 1. The standard InChI is InChI=1S/C23H26N4O3/c1-29-20-12-17-18(13-21(20)30-2)24-23(25-22(17)28)27-11-8-16-15(14-27)6-5-7-19(16)26-9-3-4-10-26/h5-7,12-13H,3-4,8-11,14H2,1-2H3,(H,24,25,28). The first-order valence-corrected chi connectivity index (χ1v) is 10.4. The molecule has 2 aliphatic heterocycles. The third kappa shape index (κ3) is 3.14. The van der Waals surface area contributed by atoms with Gasteiger partial charge in [0.1, 0.15) is 0 Å². The number of hydrogen-bond acceptors (Lipinski definition) is 6. The summed E-state index contributed by atoms with van der Waals surface area (Å²) in [5.41, 5.74) is 4.54. The van der Waals surface area contributed by atoms with Gasteiger partial charge < -0.3 is 19.3 Å². The lowest BCUT2D eigenvalue weighted by molar-refractivity contribution is 0.355. The fourth-order valence-corrected chi connectivity index (χ4v) is 4.63. The molecule has 2 aliphatic rings. The van der Waals surface area contributed by atoms with Crippen molar-refractivity contribution in [2.75, 3.05) is 43.7 Å². The highest BCUT2D eigenvalue weighted by Crippen LogP contribution is 2.33. The van der Waals surface area contributed by atoms with Crippen molar-refractivity contribution in [3.8, 4) is 11.5 Å². The maximum atomic E-state index is 12.8. The van der Waals surface area contributed by atoms with Gasteiger partial charge >= 0.3 is 0 Å². The quantitative estimate of drug-likeness (QED) is 0.718. The van der Waals surface area contributed by atoms with E-state index in [-0.39, 0.29) is 5.56 Å². The zero-order valence-electron chi connectivity index (χ0n) is 17.4. The molecular weight excluding hydrogens is 380 g/mol. The van der Waals surface area contributed by atoms with E-state index in [9.17, 15) is 4.79 Å². The SMILES string of the molecule is COc1cc2nc(N3CCc4c(cccc4N4CCCC4)C3)[nH]c(=O)c2cc1OC. The maximum Gasteiger partial charge on any atom is 0.260 e. The Hall–Kier alpha value is -3.22. The fraction of sp³-hybridized carbons (Fsp3) is 0.391. The average Bonchev–Trinajstić information content (AvgIpc) is 3.32. The Labute approximate surface area is 175 Å². The van der Waals surface area contributed by atoms with Gasteiger partial charge in [0.15, 0.2) is 11.5 Å². The third-order valence-electron chi connectivity index (χ3n) is 6.19. The summed E-state index contributed by atoms with van der Waals surface area (Å²) >= 11 is 0. The number of aromatic amines is 1. The molecule has 1 aromatic heterocycles. The summed E-state index contributed by atoms with van der Waals surface area (Å²) in [6.07, 6.45) is 3.48. The molecule has 7 nitrogen and oxygen atoms in total. The molecule has 0 amide bonds. The first-order chi connectivity index (χ1) is 14.7. The molecule has 1 N–H and O–H groups in total. The number of anilines is 2. The molecule has 0 saturated carbocycles. The number of aromatic nitrogens is 2. The zero-order chi connectivity index (χ0) is 20.7. The Bertz CT molecular complexity index is 1150. The van der Waals surface area contributed by atoms with Crippen LogP contribution in [-0.2, 0) is 13.0 Å². The van der Waals surface area contributed by atoms with Crippen molar-refractivity contribution in [1.82, 2.24) is 9.97 Å². The van der Waals surface area contributed by atoms with Gasteiger partial charge in [-0.2, -0.15) is 0 Å². The number of fused-ring (bicyclic) bond motifs is 2. The van der Waals surface area contributed by atoms with E-state index in [1.165, 1.54) is 29.7 Å². The predicted molar refractivity (Wildman–Crippen MR) is 118 cm³/mol. The summed E-state index contributed by atoms with van der Waals surface area (Å²) in [5.74, 6) is 1.68. The molecule has 0 bridgehead atoms. The van der Waals surface area contributed by atoms with E-state index in [0.29, 0.717) is 28.4 Å². The van der Waals surface area contributed by atoms with Crippen LogP contribution in [0, 0.1) is 0 Å². The maximum absolute atomic E-state index is 12.8. The Balaban J connectivity index is 1.50. The third-order valence-corrected chi connectivity index (χ3v) is 6.19. The van der Waals surface area contributed by atoms with Gasteiger partial charge in [0.05, 0.1) is 25.1 Å². The average molecular weight is 406 g/mol. The molecule has 7 heteroatoms. The molecule has 5 rings (SSSR count). The Morgan fingerprint density at radius 3 is 2.53 bits per heavy atom. The van der Waals surface area contributed by atoms with Gasteiger partial charge in [-0.25, -0.2) is 4.98 Å². The van der Waals surface area contributed by atoms with Crippen molar-refractivity contribution in [3.05, 3.63) is 51.8 Å². The summed E-state index contributed by atoms with van der Waals surface area (Å²) < 4.78 is 10.7. The topological polar surface area (TPSA) is 70.7 Å². The molecule has 2 aromatic carbocycles. The lowest BCUT2D eigenvalue weighted by Gasteiger charge is -2.32. The minimum atomic E-state index is -0.174. The van der Waals surface area contributed by atoms with Gasteiger partial charge in [0.25, 0.3) is 5.56 Å². The Morgan fingerprint density at radius 2 is 1.77 bits per heavy atom. The Kier molecular flexibility index (Phi) is 4.73. The lowest BCUT2D eigenvalue weighted by Crippen LogP contribution is -2.34. The van der Waals surface area contributed by atoms with Crippen molar-refractivity contribution in [2.24, 2.45) is 0 Å². The summed E-state index contributed by atoms with van der Waals surface area (Å²) in [6, 6.07) is 10.0. The van der Waals surface area contributed by atoms with E-state index >= 15 is 0 Å². The number of benzene rings is 2. The lowest BCUT2D eigenvalue weighted by atomic mass is 9.97. The molecule has 0 aliphatic carbocycles. The second-order valence-corrected chi connectivity index (χ2v) is 7.89. The molecule has 0 radical (unpaired) electrons. The van der Waals surface area contributed by atoms with Crippen LogP contribution in [0.5, 0.6) is 11.5 Å². The fourth-order valence-electron chi connectivity index (χ4n) is 4.63. The highest BCUT2D eigenvalue weighted by atomic mass is 16.5.